The van der Waals surface area contributed by atoms with Crippen LogP contribution in [0, 0.1) is 0 Å². The van der Waals surface area contributed by atoms with Crippen molar-refractivity contribution in [3.63, 3.8) is 0 Å². The number of morpholine rings is 1. The lowest BCUT2D eigenvalue weighted by Crippen LogP contribution is -2.40. The molecule has 72 valence electrons. The van der Waals surface area contributed by atoms with Crippen LogP contribution in [0.3, 0.4) is 0 Å². The molecule has 2 heterocycles. The molecular formula is C6H11N5OS. The van der Waals surface area contributed by atoms with E-state index in [-0.39, 0.29) is 0 Å². The van der Waals surface area contributed by atoms with Gasteiger partial charge in [-0.25, -0.2) is 5.01 Å². The van der Waals surface area contributed by atoms with E-state index in [9.17, 15) is 0 Å². The maximum atomic E-state index is 5.39. The Balaban J connectivity index is 1.89. The Hall–Kier alpha value is -0.920. The number of rotatable bonds is 2. The average molecular weight is 201 g/mol. The highest BCUT2D eigenvalue weighted by Crippen LogP contribution is 2.13. The Morgan fingerprint density at radius 1 is 1.46 bits per heavy atom. The number of nitrogens with zero attached hydrogens (tertiary/aromatic N) is 3. The average Bonchev–Trinajstić information content (AvgIpc) is 2.53. The zero-order chi connectivity index (χ0) is 9.10. The molecule has 6 nitrogen and oxygen atoms in total. The molecule has 0 aromatic carbocycles. The number of nitrogens with one attached hydrogen (secondary N) is 1. The third kappa shape index (κ3) is 2.27. The highest BCUT2D eigenvalue weighted by atomic mass is 32.1. The molecule has 0 spiro atoms. The summed E-state index contributed by atoms with van der Waals surface area (Å²) in [6, 6.07) is 0. The largest absolute Gasteiger partial charge is 0.379 e. The van der Waals surface area contributed by atoms with E-state index >= 15 is 0 Å². The van der Waals surface area contributed by atoms with Gasteiger partial charge in [0.1, 0.15) is 0 Å². The number of nitrogen functional groups attached to an aromatic ring is 1. The second-order valence-electron chi connectivity index (χ2n) is 2.67. The highest BCUT2D eigenvalue weighted by molar-refractivity contribution is 7.09. The molecule has 3 N–H and O–H groups in total. The topological polar surface area (TPSA) is 76.3 Å². The molecule has 0 radical (unpaired) electrons. The summed E-state index contributed by atoms with van der Waals surface area (Å²) in [5.74, 6) is 0.320. The smallest absolute Gasteiger partial charge is 0.233 e. The fourth-order valence-corrected chi connectivity index (χ4v) is 1.62. The number of aromatic nitrogens is 2. The van der Waals surface area contributed by atoms with Gasteiger partial charge in [0.15, 0.2) is 0 Å². The molecule has 0 unspecified atom stereocenters. The Kier molecular flexibility index (Phi) is 2.57. The minimum atomic E-state index is 0.320. The van der Waals surface area contributed by atoms with Gasteiger partial charge in [0, 0.05) is 24.6 Å². The molecule has 1 saturated heterocycles. The van der Waals surface area contributed by atoms with Crippen LogP contribution < -0.4 is 11.2 Å². The second kappa shape index (κ2) is 3.86. The van der Waals surface area contributed by atoms with Gasteiger partial charge >= 0.3 is 0 Å². The van der Waals surface area contributed by atoms with Crippen molar-refractivity contribution in [2.24, 2.45) is 0 Å². The lowest BCUT2D eigenvalue weighted by Gasteiger charge is -2.26. The summed E-state index contributed by atoms with van der Waals surface area (Å²) < 4.78 is 9.07. The number of hydrazine groups is 1. The normalized spacial score (nSPS) is 18.8. The summed E-state index contributed by atoms with van der Waals surface area (Å²) in [5.41, 5.74) is 8.51. The van der Waals surface area contributed by atoms with E-state index in [1.807, 2.05) is 5.01 Å². The van der Waals surface area contributed by atoms with Crippen molar-refractivity contribution in [2.45, 2.75) is 0 Å². The SMILES string of the molecule is Nc1nsc(NN2CCOCC2)n1. The molecule has 0 aliphatic carbocycles. The molecule has 1 aliphatic heterocycles. The first kappa shape index (κ1) is 8.67. The van der Waals surface area contributed by atoms with Gasteiger partial charge in [-0.3, -0.25) is 5.43 Å². The van der Waals surface area contributed by atoms with Crippen LogP contribution in [0.25, 0.3) is 0 Å². The van der Waals surface area contributed by atoms with Gasteiger partial charge in [-0.15, -0.1) is 0 Å². The van der Waals surface area contributed by atoms with Crippen LogP contribution in [0.2, 0.25) is 0 Å². The zero-order valence-corrected chi connectivity index (χ0v) is 7.88. The van der Waals surface area contributed by atoms with Gasteiger partial charge in [-0.2, -0.15) is 9.36 Å². The van der Waals surface area contributed by atoms with Crippen LogP contribution in [-0.2, 0) is 4.74 Å². The van der Waals surface area contributed by atoms with Gasteiger partial charge < -0.3 is 10.5 Å². The number of hydrogen-bond acceptors (Lipinski definition) is 7. The summed E-state index contributed by atoms with van der Waals surface area (Å²) in [7, 11) is 0. The first-order valence-corrected chi connectivity index (χ1v) is 4.80. The maximum absolute atomic E-state index is 5.39. The van der Waals surface area contributed by atoms with E-state index in [2.05, 4.69) is 14.8 Å². The van der Waals surface area contributed by atoms with E-state index in [4.69, 9.17) is 10.5 Å². The quantitative estimate of drug-likeness (QED) is 0.689. The molecule has 0 saturated carbocycles. The number of nitrogens with two attached hydrogens (primary N) is 1. The predicted molar refractivity (Wildman–Crippen MR) is 50.3 cm³/mol. The minimum absolute atomic E-state index is 0.320. The second-order valence-corrected chi connectivity index (χ2v) is 3.42. The van der Waals surface area contributed by atoms with Gasteiger partial charge in [0.05, 0.1) is 13.2 Å². The Morgan fingerprint density at radius 3 is 2.85 bits per heavy atom. The molecule has 0 amide bonds. The molecule has 2 rings (SSSR count). The van der Waals surface area contributed by atoms with E-state index in [0.29, 0.717) is 5.95 Å². The molecule has 1 aromatic heterocycles. The monoisotopic (exact) mass is 201 g/mol. The molecular weight excluding hydrogens is 190 g/mol. The van der Waals surface area contributed by atoms with Crippen molar-refractivity contribution in [3.8, 4) is 0 Å². The molecule has 1 aliphatic rings. The Morgan fingerprint density at radius 2 is 2.23 bits per heavy atom. The van der Waals surface area contributed by atoms with E-state index in [0.717, 1.165) is 31.4 Å². The predicted octanol–water partition coefficient (Wildman–Crippen LogP) is -0.221. The maximum Gasteiger partial charge on any atom is 0.233 e. The van der Waals surface area contributed by atoms with Crippen molar-refractivity contribution in [3.05, 3.63) is 0 Å². The van der Waals surface area contributed by atoms with Crippen molar-refractivity contribution in [2.75, 3.05) is 37.5 Å². The molecule has 1 aromatic rings. The van der Waals surface area contributed by atoms with Crippen molar-refractivity contribution >= 4 is 22.6 Å². The van der Waals surface area contributed by atoms with Crippen LogP contribution in [0.5, 0.6) is 0 Å². The molecule has 1 fully saturated rings. The summed E-state index contributed by atoms with van der Waals surface area (Å²) in [6.07, 6.45) is 0. The first-order chi connectivity index (χ1) is 6.34. The molecule has 0 atom stereocenters. The molecule has 0 bridgehead atoms. The highest BCUT2D eigenvalue weighted by Gasteiger charge is 2.11. The standard InChI is InChI=1S/C6H11N5OS/c7-5-8-6(13-10-5)9-11-1-3-12-4-2-11/h1-4H2,(H3,7,8,9,10). The van der Waals surface area contributed by atoms with Gasteiger partial charge in [0.25, 0.3) is 0 Å². The summed E-state index contributed by atoms with van der Waals surface area (Å²) >= 11 is 1.26. The summed E-state index contributed by atoms with van der Waals surface area (Å²) in [4.78, 5) is 4.00. The van der Waals surface area contributed by atoms with Gasteiger partial charge in [0.2, 0.25) is 11.1 Å². The Labute approximate surface area is 79.8 Å². The van der Waals surface area contributed by atoms with Crippen molar-refractivity contribution < 1.29 is 4.74 Å². The van der Waals surface area contributed by atoms with Crippen molar-refractivity contribution in [1.82, 2.24) is 14.4 Å². The van der Waals surface area contributed by atoms with Crippen LogP contribution in [0.15, 0.2) is 0 Å². The van der Waals surface area contributed by atoms with Crippen LogP contribution >= 0.6 is 11.5 Å². The fraction of sp³-hybridized carbons (Fsp3) is 0.667. The van der Waals surface area contributed by atoms with E-state index in [1.54, 1.807) is 0 Å². The molecule has 7 heteroatoms. The number of hydrogen-bond donors (Lipinski definition) is 2. The van der Waals surface area contributed by atoms with E-state index < -0.39 is 0 Å². The number of ether oxygens (including phenoxy) is 1. The summed E-state index contributed by atoms with van der Waals surface area (Å²) in [5, 5.41) is 2.78. The fourth-order valence-electron chi connectivity index (χ4n) is 1.09. The zero-order valence-electron chi connectivity index (χ0n) is 7.06. The Bertz CT molecular complexity index is 272. The van der Waals surface area contributed by atoms with Gasteiger partial charge in [-0.05, 0) is 0 Å². The number of anilines is 2. The van der Waals surface area contributed by atoms with Gasteiger partial charge in [-0.1, -0.05) is 0 Å². The minimum Gasteiger partial charge on any atom is -0.379 e. The summed E-state index contributed by atoms with van der Waals surface area (Å²) in [6.45, 7) is 3.22. The van der Waals surface area contributed by atoms with Crippen LogP contribution in [0.4, 0.5) is 11.1 Å². The third-order valence-corrected chi connectivity index (χ3v) is 2.34. The first-order valence-electron chi connectivity index (χ1n) is 4.03. The lowest BCUT2D eigenvalue weighted by molar-refractivity contribution is 0.0497. The third-order valence-electron chi connectivity index (χ3n) is 1.71. The van der Waals surface area contributed by atoms with Crippen LogP contribution in [-0.4, -0.2) is 40.7 Å². The molecule has 13 heavy (non-hydrogen) atoms. The van der Waals surface area contributed by atoms with Crippen molar-refractivity contribution in [1.29, 1.82) is 0 Å². The van der Waals surface area contributed by atoms with E-state index in [1.165, 1.54) is 11.5 Å². The lowest BCUT2D eigenvalue weighted by atomic mass is 10.5. The van der Waals surface area contributed by atoms with Crippen LogP contribution in [0.1, 0.15) is 0 Å².